The average molecular weight is 206 g/mol. The van der Waals surface area contributed by atoms with E-state index in [1.54, 1.807) is 0 Å². The van der Waals surface area contributed by atoms with Crippen molar-refractivity contribution in [1.29, 1.82) is 0 Å². The molecule has 1 aliphatic rings. The summed E-state index contributed by atoms with van der Waals surface area (Å²) in [5.41, 5.74) is 8.54. The minimum absolute atomic E-state index is 0.631. The molecular formula is C12H18N2O. The molecule has 0 saturated heterocycles. The van der Waals surface area contributed by atoms with Gasteiger partial charge in [0, 0.05) is 25.3 Å². The monoisotopic (exact) mass is 206 g/mol. The molecule has 3 heteroatoms. The van der Waals surface area contributed by atoms with Crippen LogP contribution in [0.25, 0.3) is 0 Å². The zero-order valence-electron chi connectivity index (χ0n) is 9.33. The Morgan fingerprint density at radius 3 is 2.67 bits per heavy atom. The topological polar surface area (TPSA) is 49.5 Å². The van der Waals surface area contributed by atoms with E-state index < -0.39 is 5.60 Å². The summed E-state index contributed by atoms with van der Waals surface area (Å²) < 4.78 is 0. The number of nitrogens with zero attached hydrogens (tertiary/aromatic N) is 1. The zero-order valence-corrected chi connectivity index (χ0v) is 9.33. The third-order valence-corrected chi connectivity index (χ3v) is 2.63. The molecule has 0 aliphatic carbocycles. The number of benzene rings is 1. The first-order chi connectivity index (χ1) is 6.94. The summed E-state index contributed by atoms with van der Waals surface area (Å²) in [6, 6.07) is 6.04. The van der Waals surface area contributed by atoms with Crippen LogP contribution in [-0.4, -0.2) is 22.2 Å². The molecule has 0 saturated carbocycles. The number of nitrogen functional groups attached to an aromatic ring is 1. The van der Waals surface area contributed by atoms with Crippen LogP contribution in [0.3, 0.4) is 0 Å². The molecule has 2 rings (SSSR count). The molecule has 15 heavy (non-hydrogen) atoms. The van der Waals surface area contributed by atoms with E-state index in [9.17, 15) is 5.11 Å². The third-order valence-electron chi connectivity index (χ3n) is 2.63. The average Bonchev–Trinajstić information content (AvgIpc) is 2.42. The second kappa shape index (κ2) is 3.51. The minimum Gasteiger partial charge on any atom is -0.399 e. The lowest BCUT2D eigenvalue weighted by Crippen LogP contribution is -2.35. The number of anilines is 1. The van der Waals surface area contributed by atoms with Gasteiger partial charge in [-0.05, 0) is 37.1 Å². The maximum atomic E-state index is 9.75. The molecule has 1 aliphatic heterocycles. The highest BCUT2D eigenvalue weighted by Gasteiger charge is 2.24. The highest BCUT2D eigenvalue weighted by Crippen LogP contribution is 2.25. The number of nitrogens with two attached hydrogens (primary N) is 1. The molecule has 0 fully saturated rings. The second-order valence-corrected chi connectivity index (χ2v) is 4.99. The fourth-order valence-corrected chi connectivity index (χ4v) is 2.14. The van der Waals surface area contributed by atoms with Crippen LogP contribution in [0, 0.1) is 0 Å². The van der Waals surface area contributed by atoms with Gasteiger partial charge in [-0.1, -0.05) is 6.07 Å². The Labute approximate surface area is 90.5 Å². The SMILES string of the molecule is CC(C)(O)CN1Cc2ccc(N)cc2C1. The van der Waals surface area contributed by atoms with Gasteiger partial charge in [-0.2, -0.15) is 0 Å². The van der Waals surface area contributed by atoms with E-state index in [2.05, 4.69) is 11.0 Å². The van der Waals surface area contributed by atoms with Crippen molar-refractivity contribution in [3.8, 4) is 0 Å². The summed E-state index contributed by atoms with van der Waals surface area (Å²) in [5.74, 6) is 0. The van der Waals surface area contributed by atoms with E-state index in [4.69, 9.17) is 5.73 Å². The number of β-amino-alcohol motifs (C(OH)–C–C–N with tert-alkyl or cyclic N) is 1. The predicted octanol–water partition coefficient (Wildman–Crippen LogP) is 1.36. The van der Waals surface area contributed by atoms with Crippen molar-refractivity contribution in [3.05, 3.63) is 29.3 Å². The minimum atomic E-state index is -0.631. The van der Waals surface area contributed by atoms with Crippen LogP contribution in [0.4, 0.5) is 5.69 Å². The van der Waals surface area contributed by atoms with Gasteiger partial charge in [-0.15, -0.1) is 0 Å². The van der Waals surface area contributed by atoms with Crippen molar-refractivity contribution in [2.45, 2.75) is 32.5 Å². The van der Waals surface area contributed by atoms with E-state index in [-0.39, 0.29) is 0 Å². The molecule has 1 aromatic rings. The predicted molar refractivity (Wildman–Crippen MR) is 61.3 cm³/mol. The van der Waals surface area contributed by atoms with Crippen molar-refractivity contribution in [2.75, 3.05) is 12.3 Å². The molecule has 0 amide bonds. The summed E-state index contributed by atoms with van der Waals surface area (Å²) in [6.45, 7) is 6.18. The summed E-state index contributed by atoms with van der Waals surface area (Å²) >= 11 is 0. The number of hydrogen-bond donors (Lipinski definition) is 2. The van der Waals surface area contributed by atoms with Gasteiger partial charge in [-0.25, -0.2) is 0 Å². The molecule has 82 valence electrons. The Hall–Kier alpha value is -1.06. The van der Waals surface area contributed by atoms with Gasteiger partial charge in [0.2, 0.25) is 0 Å². The molecule has 3 N–H and O–H groups in total. The molecule has 0 spiro atoms. The van der Waals surface area contributed by atoms with E-state index in [1.165, 1.54) is 11.1 Å². The highest BCUT2D eigenvalue weighted by atomic mass is 16.3. The molecule has 0 bridgehead atoms. The smallest absolute Gasteiger partial charge is 0.0718 e. The lowest BCUT2D eigenvalue weighted by molar-refractivity contribution is 0.0350. The standard InChI is InChI=1S/C12H18N2O/c1-12(2,15)8-14-6-9-3-4-11(13)5-10(9)7-14/h3-5,15H,6-8,13H2,1-2H3. The van der Waals surface area contributed by atoms with Crippen molar-refractivity contribution >= 4 is 5.69 Å². The molecule has 0 radical (unpaired) electrons. The lowest BCUT2D eigenvalue weighted by Gasteiger charge is -2.24. The first-order valence-electron chi connectivity index (χ1n) is 5.26. The van der Waals surface area contributed by atoms with Crippen LogP contribution in [-0.2, 0) is 13.1 Å². The van der Waals surface area contributed by atoms with Crippen LogP contribution in [0.1, 0.15) is 25.0 Å². The third kappa shape index (κ3) is 2.49. The largest absolute Gasteiger partial charge is 0.399 e. The molecule has 0 atom stereocenters. The van der Waals surface area contributed by atoms with Crippen molar-refractivity contribution in [2.24, 2.45) is 0 Å². The van der Waals surface area contributed by atoms with Crippen LogP contribution >= 0.6 is 0 Å². The van der Waals surface area contributed by atoms with E-state index >= 15 is 0 Å². The molecular weight excluding hydrogens is 188 g/mol. The Morgan fingerprint density at radius 2 is 2.00 bits per heavy atom. The van der Waals surface area contributed by atoms with E-state index in [1.807, 2.05) is 26.0 Å². The number of hydrogen-bond acceptors (Lipinski definition) is 3. The Bertz CT molecular complexity index is 368. The van der Waals surface area contributed by atoms with Crippen LogP contribution in [0.15, 0.2) is 18.2 Å². The summed E-state index contributed by atoms with van der Waals surface area (Å²) in [4.78, 5) is 2.24. The number of aliphatic hydroxyl groups is 1. The van der Waals surface area contributed by atoms with Crippen LogP contribution < -0.4 is 5.73 Å². The highest BCUT2D eigenvalue weighted by molar-refractivity contribution is 5.46. The molecule has 1 heterocycles. The second-order valence-electron chi connectivity index (χ2n) is 4.99. The van der Waals surface area contributed by atoms with Gasteiger partial charge in [0.25, 0.3) is 0 Å². The molecule has 0 unspecified atom stereocenters. The zero-order chi connectivity index (χ0) is 11.1. The van der Waals surface area contributed by atoms with Crippen LogP contribution in [0.5, 0.6) is 0 Å². The first-order valence-corrected chi connectivity index (χ1v) is 5.26. The van der Waals surface area contributed by atoms with Crippen molar-refractivity contribution in [3.63, 3.8) is 0 Å². The van der Waals surface area contributed by atoms with Gasteiger partial charge in [-0.3, -0.25) is 4.90 Å². The van der Waals surface area contributed by atoms with Crippen molar-refractivity contribution in [1.82, 2.24) is 4.90 Å². The van der Waals surface area contributed by atoms with Gasteiger partial charge in [0.05, 0.1) is 5.60 Å². The fraction of sp³-hybridized carbons (Fsp3) is 0.500. The van der Waals surface area contributed by atoms with Crippen molar-refractivity contribution < 1.29 is 5.11 Å². The van der Waals surface area contributed by atoms with Gasteiger partial charge < -0.3 is 10.8 Å². The fourth-order valence-electron chi connectivity index (χ4n) is 2.14. The van der Waals surface area contributed by atoms with Gasteiger partial charge >= 0.3 is 0 Å². The van der Waals surface area contributed by atoms with Gasteiger partial charge in [0.15, 0.2) is 0 Å². The quantitative estimate of drug-likeness (QED) is 0.718. The summed E-state index contributed by atoms with van der Waals surface area (Å²) in [5, 5.41) is 9.75. The summed E-state index contributed by atoms with van der Waals surface area (Å²) in [6.07, 6.45) is 0. The van der Waals surface area contributed by atoms with Gasteiger partial charge in [0.1, 0.15) is 0 Å². The Morgan fingerprint density at radius 1 is 1.33 bits per heavy atom. The number of fused-ring (bicyclic) bond motifs is 1. The van der Waals surface area contributed by atoms with E-state index in [0.29, 0.717) is 6.54 Å². The lowest BCUT2D eigenvalue weighted by atomic mass is 10.1. The first kappa shape index (κ1) is 10.5. The maximum Gasteiger partial charge on any atom is 0.0718 e. The molecule has 0 aromatic heterocycles. The number of rotatable bonds is 2. The summed E-state index contributed by atoms with van der Waals surface area (Å²) in [7, 11) is 0. The Balaban J connectivity index is 2.09. The molecule has 1 aromatic carbocycles. The normalized spacial score (nSPS) is 16.7. The molecule has 3 nitrogen and oxygen atoms in total. The van der Waals surface area contributed by atoms with E-state index in [0.717, 1.165) is 18.8 Å². The van der Waals surface area contributed by atoms with Crippen LogP contribution in [0.2, 0.25) is 0 Å². The Kier molecular flexibility index (Phi) is 2.44. The maximum absolute atomic E-state index is 9.75.